The summed E-state index contributed by atoms with van der Waals surface area (Å²) in [6.45, 7) is 4.38. The summed E-state index contributed by atoms with van der Waals surface area (Å²) in [4.78, 5) is 7.32. The molecule has 0 amide bonds. The Morgan fingerprint density at radius 1 is 1.07 bits per heavy atom. The highest BCUT2D eigenvalue weighted by Gasteiger charge is 2.17. The van der Waals surface area contributed by atoms with Crippen LogP contribution < -0.4 is 5.73 Å². The Kier molecular flexibility index (Phi) is 5.95. The largest absolute Gasteiger partial charge is 0.326 e. The second-order valence-electron chi connectivity index (χ2n) is 7.45. The summed E-state index contributed by atoms with van der Waals surface area (Å²) in [5, 5.41) is 0.351. The Morgan fingerprint density at radius 3 is 2.61 bits per heavy atom. The highest BCUT2D eigenvalue weighted by atomic mass is 35.5. The molecular formula is C22H26ClFN4. The Labute approximate surface area is 170 Å². The topological polar surface area (TPSA) is 47.1 Å². The number of imidazole rings is 1. The summed E-state index contributed by atoms with van der Waals surface area (Å²) < 4.78 is 16.7. The third kappa shape index (κ3) is 3.93. The first-order chi connectivity index (χ1) is 13.7. The fourth-order valence-electron chi connectivity index (χ4n) is 4.08. The van der Waals surface area contributed by atoms with Crippen LogP contribution in [0, 0.1) is 5.82 Å². The van der Waals surface area contributed by atoms with E-state index < -0.39 is 0 Å². The molecule has 2 N–H and O–H groups in total. The number of aryl methyl sites for hydroxylation is 1. The minimum Gasteiger partial charge on any atom is -0.326 e. The normalized spacial score (nSPS) is 15.4. The van der Waals surface area contributed by atoms with Crippen molar-refractivity contribution in [3.05, 3.63) is 52.8 Å². The number of nitrogens with zero attached hydrogens (tertiary/aromatic N) is 3. The van der Waals surface area contributed by atoms with E-state index in [-0.39, 0.29) is 12.4 Å². The molecule has 2 heterocycles. The molecule has 4 rings (SSSR count). The third-order valence-electron chi connectivity index (χ3n) is 5.56. The van der Waals surface area contributed by atoms with Crippen molar-refractivity contribution in [1.29, 1.82) is 0 Å². The zero-order chi connectivity index (χ0) is 19.5. The van der Waals surface area contributed by atoms with Crippen molar-refractivity contribution >= 4 is 22.6 Å². The van der Waals surface area contributed by atoms with E-state index in [1.54, 1.807) is 6.07 Å². The zero-order valence-corrected chi connectivity index (χ0v) is 16.8. The number of halogens is 2. The van der Waals surface area contributed by atoms with Crippen molar-refractivity contribution in [3.8, 4) is 11.4 Å². The fraction of sp³-hybridized carbons (Fsp3) is 0.409. The smallest absolute Gasteiger partial charge is 0.141 e. The van der Waals surface area contributed by atoms with Gasteiger partial charge in [-0.25, -0.2) is 9.37 Å². The van der Waals surface area contributed by atoms with Crippen LogP contribution in [0.3, 0.4) is 0 Å². The van der Waals surface area contributed by atoms with Crippen LogP contribution in [0.2, 0.25) is 5.02 Å². The van der Waals surface area contributed by atoms with Crippen molar-refractivity contribution in [2.75, 3.05) is 19.6 Å². The van der Waals surface area contributed by atoms with Gasteiger partial charge in [0.25, 0.3) is 0 Å². The molecular weight excluding hydrogens is 375 g/mol. The molecule has 6 heteroatoms. The molecule has 1 fully saturated rings. The predicted octanol–water partition coefficient (Wildman–Crippen LogP) is 4.83. The predicted molar refractivity (Wildman–Crippen MR) is 113 cm³/mol. The molecule has 4 nitrogen and oxygen atoms in total. The second kappa shape index (κ2) is 8.60. The molecule has 0 atom stereocenters. The molecule has 1 saturated heterocycles. The van der Waals surface area contributed by atoms with Crippen LogP contribution in [0.5, 0.6) is 0 Å². The molecule has 0 radical (unpaired) electrons. The summed E-state index contributed by atoms with van der Waals surface area (Å²) in [5.41, 5.74) is 8.63. The molecule has 0 aliphatic carbocycles. The van der Waals surface area contributed by atoms with Crippen LogP contribution in [-0.2, 0) is 13.1 Å². The zero-order valence-electron chi connectivity index (χ0n) is 16.0. The molecule has 1 aromatic heterocycles. The van der Waals surface area contributed by atoms with Gasteiger partial charge in [0.15, 0.2) is 0 Å². The van der Waals surface area contributed by atoms with Crippen molar-refractivity contribution in [3.63, 3.8) is 0 Å². The van der Waals surface area contributed by atoms with Crippen LogP contribution in [0.25, 0.3) is 22.4 Å². The molecule has 0 bridgehead atoms. The van der Waals surface area contributed by atoms with Gasteiger partial charge in [-0.1, -0.05) is 30.2 Å². The number of nitrogens with two attached hydrogens (primary N) is 1. The number of piperidine rings is 1. The molecule has 1 aliphatic rings. The minimum atomic E-state index is -0.378. The minimum absolute atomic E-state index is 0.0806. The van der Waals surface area contributed by atoms with Gasteiger partial charge in [-0.3, -0.25) is 0 Å². The lowest BCUT2D eigenvalue weighted by atomic mass is 10.1. The van der Waals surface area contributed by atoms with Crippen LogP contribution in [0.4, 0.5) is 4.39 Å². The number of likely N-dealkylation sites (tertiary alicyclic amines) is 1. The maximum absolute atomic E-state index is 14.5. The van der Waals surface area contributed by atoms with Crippen molar-refractivity contribution in [2.24, 2.45) is 5.73 Å². The summed E-state index contributed by atoms with van der Waals surface area (Å²) in [6, 6.07) is 11.3. The van der Waals surface area contributed by atoms with E-state index in [0.29, 0.717) is 16.1 Å². The quantitative estimate of drug-likeness (QED) is 0.644. The van der Waals surface area contributed by atoms with Gasteiger partial charge in [-0.15, -0.1) is 0 Å². The monoisotopic (exact) mass is 400 g/mol. The fourth-order valence-corrected chi connectivity index (χ4v) is 4.37. The highest BCUT2D eigenvalue weighted by molar-refractivity contribution is 6.31. The molecule has 1 aliphatic heterocycles. The van der Waals surface area contributed by atoms with E-state index in [9.17, 15) is 4.39 Å². The van der Waals surface area contributed by atoms with Gasteiger partial charge in [-0.2, -0.15) is 0 Å². The maximum atomic E-state index is 14.5. The van der Waals surface area contributed by atoms with E-state index in [2.05, 4.69) is 15.5 Å². The number of fused-ring (bicyclic) bond motifs is 1. The maximum Gasteiger partial charge on any atom is 0.141 e. The van der Waals surface area contributed by atoms with Gasteiger partial charge in [0.2, 0.25) is 0 Å². The average Bonchev–Trinajstić information content (AvgIpc) is 3.07. The second-order valence-corrected chi connectivity index (χ2v) is 7.86. The number of benzene rings is 2. The molecule has 0 spiro atoms. The van der Waals surface area contributed by atoms with Crippen molar-refractivity contribution < 1.29 is 4.39 Å². The first kappa shape index (κ1) is 19.4. The van der Waals surface area contributed by atoms with Gasteiger partial charge >= 0.3 is 0 Å². The van der Waals surface area contributed by atoms with E-state index in [0.717, 1.165) is 36.4 Å². The molecule has 2 aromatic carbocycles. The van der Waals surface area contributed by atoms with Gasteiger partial charge in [0.1, 0.15) is 11.6 Å². The van der Waals surface area contributed by atoms with Gasteiger partial charge in [0.05, 0.1) is 11.0 Å². The van der Waals surface area contributed by atoms with Crippen LogP contribution in [-0.4, -0.2) is 34.1 Å². The van der Waals surface area contributed by atoms with E-state index in [1.807, 2.05) is 18.2 Å². The average molecular weight is 401 g/mol. The van der Waals surface area contributed by atoms with Gasteiger partial charge in [0, 0.05) is 29.2 Å². The van der Waals surface area contributed by atoms with Crippen molar-refractivity contribution in [1.82, 2.24) is 14.5 Å². The van der Waals surface area contributed by atoms with E-state index >= 15 is 0 Å². The highest BCUT2D eigenvalue weighted by Crippen LogP contribution is 2.30. The summed E-state index contributed by atoms with van der Waals surface area (Å²) in [6.07, 6.45) is 4.97. The van der Waals surface area contributed by atoms with Crippen LogP contribution in [0.15, 0.2) is 36.4 Å². The molecule has 148 valence electrons. The summed E-state index contributed by atoms with van der Waals surface area (Å²) >= 11 is 6.28. The summed E-state index contributed by atoms with van der Waals surface area (Å²) in [5.74, 6) is 0.376. The van der Waals surface area contributed by atoms with E-state index in [4.69, 9.17) is 22.3 Å². The Hall–Kier alpha value is -1.95. The van der Waals surface area contributed by atoms with Gasteiger partial charge in [-0.05, 0) is 63.2 Å². The molecule has 28 heavy (non-hydrogen) atoms. The number of aromatic nitrogens is 2. The number of para-hydroxylation sites is 2. The number of rotatable bonds is 6. The third-order valence-corrected chi connectivity index (χ3v) is 5.90. The molecule has 0 saturated carbocycles. The lowest BCUT2D eigenvalue weighted by Crippen LogP contribution is -2.31. The lowest BCUT2D eigenvalue weighted by molar-refractivity contribution is 0.223. The standard InChI is InChI=1S/C22H26ClFN4/c23-18-13-16(14-19(24)17(18)15-25)22-26-20-7-2-3-8-21(20)28(22)12-6-11-27-9-4-1-5-10-27/h2-3,7-8,13-14H,1,4-6,9-12,15,25H2. The Bertz CT molecular complexity index is 939. The Morgan fingerprint density at radius 2 is 1.86 bits per heavy atom. The van der Waals surface area contributed by atoms with Crippen LogP contribution in [0.1, 0.15) is 31.2 Å². The first-order valence-corrected chi connectivity index (χ1v) is 10.4. The van der Waals surface area contributed by atoms with Gasteiger partial charge < -0.3 is 15.2 Å². The van der Waals surface area contributed by atoms with Crippen molar-refractivity contribution in [2.45, 2.75) is 38.8 Å². The molecule has 3 aromatic rings. The Balaban J connectivity index is 1.65. The first-order valence-electron chi connectivity index (χ1n) is 10.0. The van der Waals surface area contributed by atoms with Crippen LogP contribution >= 0.6 is 11.6 Å². The van der Waals surface area contributed by atoms with E-state index in [1.165, 1.54) is 38.4 Å². The number of hydrogen-bond donors (Lipinski definition) is 1. The lowest BCUT2D eigenvalue weighted by Gasteiger charge is -2.26. The molecule has 0 unspecified atom stereocenters. The summed E-state index contributed by atoms with van der Waals surface area (Å²) in [7, 11) is 0. The number of hydrogen-bond acceptors (Lipinski definition) is 3. The SMILES string of the molecule is NCc1c(F)cc(-c2nc3ccccc3n2CCCN2CCCCC2)cc1Cl.